The summed E-state index contributed by atoms with van der Waals surface area (Å²) in [6.07, 6.45) is 9.14. The largest absolute Gasteiger partial charge is 0.365 e. The zero-order chi connectivity index (χ0) is 16.2. The molecule has 5 nitrogen and oxygen atoms in total. The molecule has 22 heavy (non-hydrogen) atoms. The van der Waals surface area contributed by atoms with Crippen LogP contribution in [0.15, 0.2) is 0 Å². The highest BCUT2D eigenvalue weighted by Gasteiger charge is 2.43. The summed E-state index contributed by atoms with van der Waals surface area (Å²) in [6.45, 7) is 2.15. The Hall–Kier alpha value is -0.620. The van der Waals surface area contributed by atoms with Crippen molar-refractivity contribution in [2.75, 3.05) is 12.8 Å². The molecule has 2 saturated carbocycles. The first kappa shape index (κ1) is 17.7. The lowest BCUT2D eigenvalue weighted by atomic mass is 10.1. The average Bonchev–Trinajstić information content (AvgIpc) is 3.13. The van der Waals surface area contributed by atoms with E-state index in [0.717, 1.165) is 25.7 Å². The van der Waals surface area contributed by atoms with Crippen LogP contribution in [-0.2, 0) is 19.4 Å². The summed E-state index contributed by atoms with van der Waals surface area (Å²) in [7, 11) is -3.17. The van der Waals surface area contributed by atoms with Crippen LogP contribution in [0.1, 0.15) is 64.7 Å². The van der Waals surface area contributed by atoms with Gasteiger partial charge in [-0.25, -0.2) is 8.42 Å². The number of nitrogens with one attached hydrogen (secondary N) is 1. The lowest BCUT2D eigenvalue weighted by Gasteiger charge is -2.28. The molecule has 0 aromatic heterocycles. The molecule has 0 aromatic carbocycles. The molecule has 2 aliphatic rings. The monoisotopic (exact) mass is 331 g/mol. The normalized spacial score (nSPS) is 23.5. The fraction of sp³-hybridized carbons (Fsp3) is 0.938. The third kappa shape index (κ3) is 4.02. The molecule has 2 rings (SSSR count). The molecule has 1 atom stereocenters. The molecule has 0 heterocycles. The summed E-state index contributed by atoms with van der Waals surface area (Å²) in [4.78, 5) is 12.4. The third-order valence-electron chi connectivity index (χ3n) is 5.21. The van der Waals surface area contributed by atoms with Gasteiger partial charge in [0.05, 0.1) is 10.9 Å². The summed E-state index contributed by atoms with van der Waals surface area (Å²) in [5.74, 6) is -0.163. The van der Waals surface area contributed by atoms with Crippen LogP contribution in [0.4, 0.5) is 0 Å². The summed E-state index contributed by atoms with van der Waals surface area (Å²) >= 11 is 0. The van der Waals surface area contributed by atoms with Crippen LogP contribution in [0.2, 0.25) is 0 Å². The van der Waals surface area contributed by atoms with E-state index < -0.39 is 20.7 Å². The minimum Gasteiger partial charge on any atom is -0.365 e. The van der Waals surface area contributed by atoms with E-state index in [-0.39, 0.29) is 18.6 Å². The van der Waals surface area contributed by atoms with Crippen molar-refractivity contribution in [2.45, 2.75) is 81.7 Å². The van der Waals surface area contributed by atoms with Gasteiger partial charge < -0.3 is 10.1 Å². The number of ether oxygens (including phenoxy) is 1. The number of carbonyl (C=O) groups excluding carboxylic acids is 1. The van der Waals surface area contributed by atoms with E-state index in [0.29, 0.717) is 19.3 Å². The van der Waals surface area contributed by atoms with Gasteiger partial charge in [-0.05, 0) is 32.1 Å². The smallest absolute Gasteiger partial charge is 0.249 e. The fourth-order valence-corrected chi connectivity index (χ4v) is 5.02. The molecule has 2 aliphatic carbocycles. The quantitative estimate of drug-likeness (QED) is 0.776. The lowest BCUT2D eigenvalue weighted by Crippen LogP contribution is -2.49. The predicted octanol–water partition coefficient (Wildman–Crippen LogP) is 2.20. The predicted molar refractivity (Wildman–Crippen MR) is 86.5 cm³/mol. The van der Waals surface area contributed by atoms with Gasteiger partial charge in [0.25, 0.3) is 0 Å². The Bertz CT molecular complexity index is 476. The van der Waals surface area contributed by atoms with Gasteiger partial charge in [-0.3, -0.25) is 4.79 Å². The van der Waals surface area contributed by atoms with Crippen LogP contribution in [-0.4, -0.2) is 44.1 Å². The van der Waals surface area contributed by atoms with Crippen LogP contribution < -0.4 is 5.32 Å². The minimum absolute atomic E-state index is 0.163. The van der Waals surface area contributed by atoms with Crippen molar-refractivity contribution in [1.82, 2.24) is 5.32 Å². The van der Waals surface area contributed by atoms with Crippen molar-refractivity contribution < 1.29 is 17.9 Å². The Morgan fingerprint density at radius 3 is 2.32 bits per heavy atom. The maximum Gasteiger partial charge on any atom is 0.249 e. The second kappa shape index (κ2) is 7.30. The van der Waals surface area contributed by atoms with Crippen molar-refractivity contribution in [3.63, 3.8) is 0 Å². The van der Waals surface area contributed by atoms with Crippen LogP contribution in [0.5, 0.6) is 0 Å². The van der Waals surface area contributed by atoms with Gasteiger partial charge in [0, 0.05) is 12.8 Å². The van der Waals surface area contributed by atoms with Crippen LogP contribution >= 0.6 is 0 Å². The summed E-state index contributed by atoms with van der Waals surface area (Å²) in [5, 5.41) is 2.85. The van der Waals surface area contributed by atoms with Gasteiger partial charge in [-0.2, -0.15) is 0 Å². The summed E-state index contributed by atoms with van der Waals surface area (Å²) in [5.41, 5.74) is 0. The number of amides is 1. The second-order valence-electron chi connectivity index (χ2n) is 6.82. The molecule has 0 bridgehead atoms. The lowest BCUT2D eigenvalue weighted by molar-refractivity contribution is -0.136. The van der Waals surface area contributed by atoms with E-state index >= 15 is 0 Å². The SMILES string of the molecule is CCC(OC1CCCC1)C(=O)NCC1(S(C)(=O)=O)CCCC1. The van der Waals surface area contributed by atoms with Crippen LogP contribution in [0.3, 0.4) is 0 Å². The summed E-state index contributed by atoms with van der Waals surface area (Å²) in [6, 6.07) is 0. The molecule has 1 unspecified atom stereocenters. The highest BCUT2D eigenvalue weighted by molar-refractivity contribution is 7.92. The van der Waals surface area contributed by atoms with Crippen molar-refractivity contribution >= 4 is 15.7 Å². The number of hydrogen-bond donors (Lipinski definition) is 1. The van der Waals surface area contributed by atoms with E-state index in [1.807, 2.05) is 6.92 Å². The van der Waals surface area contributed by atoms with Crippen molar-refractivity contribution in [3.05, 3.63) is 0 Å². The Morgan fingerprint density at radius 2 is 1.82 bits per heavy atom. The first-order valence-electron chi connectivity index (χ1n) is 8.51. The van der Waals surface area contributed by atoms with Gasteiger partial charge in [0.2, 0.25) is 5.91 Å². The van der Waals surface area contributed by atoms with E-state index in [9.17, 15) is 13.2 Å². The third-order valence-corrected chi connectivity index (χ3v) is 7.33. The Balaban J connectivity index is 1.92. The molecule has 1 N–H and O–H groups in total. The first-order valence-corrected chi connectivity index (χ1v) is 10.4. The molecule has 0 saturated heterocycles. The maximum absolute atomic E-state index is 12.4. The molecular formula is C16H29NO4S. The van der Waals surface area contributed by atoms with Gasteiger partial charge in [-0.15, -0.1) is 0 Å². The van der Waals surface area contributed by atoms with E-state index in [2.05, 4.69) is 5.32 Å². The Kier molecular flexibility index (Phi) is 5.88. The highest BCUT2D eigenvalue weighted by Crippen LogP contribution is 2.36. The fourth-order valence-electron chi connectivity index (χ4n) is 3.66. The maximum atomic E-state index is 12.4. The number of sulfone groups is 1. The molecule has 2 fully saturated rings. The van der Waals surface area contributed by atoms with Crippen molar-refractivity contribution in [1.29, 1.82) is 0 Å². The minimum atomic E-state index is -3.17. The van der Waals surface area contributed by atoms with Crippen LogP contribution in [0, 0.1) is 0 Å². The van der Waals surface area contributed by atoms with E-state index in [4.69, 9.17) is 4.74 Å². The van der Waals surface area contributed by atoms with Crippen molar-refractivity contribution in [2.24, 2.45) is 0 Å². The topological polar surface area (TPSA) is 72.5 Å². The molecule has 0 aromatic rings. The van der Waals surface area contributed by atoms with E-state index in [1.54, 1.807) is 0 Å². The molecule has 0 aliphatic heterocycles. The zero-order valence-electron chi connectivity index (χ0n) is 13.8. The summed E-state index contributed by atoms with van der Waals surface area (Å²) < 4.78 is 29.3. The number of rotatable bonds is 7. The Labute approximate surface area is 134 Å². The number of hydrogen-bond acceptors (Lipinski definition) is 4. The second-order valence-corrected chi connectivity index (χ2v) is 9.23. The standard InChI is InChI=1S/C16H29NO4S/c1-3-14(21-13-8-4-5-9-13)15(18)17-12-16(22(2,19)20)10-6-7-11-16/h13-14H,3-12H2,1-2H3,(H,17,18). The van der Waals surface area contributed by atoms with Gasteiger partial charge in [0.15, 0.2) is 9.84 Å². The zero-order valence-corrected chi connectivity index (χ0v) is 14.6. The van der Waals surface area contributed by atoms with Gasteiger partial charge >= 0.3 is 0 Å². The van der Waals surface area contributed by atoms with Crippen molar-refractivity contribution in [3.8, 4) is 0 Å². The average molecular weight is 331 g/mol. The van der Waals surface area contributed by atoms with E-state index in [1.165, 1.54) is 19.1 Å². The first-order chi connectivity index (χ1) is 10.4. The molecule has 0 radical (unpaired) electrons. The van der Waals surface area contributed by atoms with Gasteiger partial charge in [-0.1, -0.05) is 32.6 Å². The molecule has 1 amide bonds. The molecule has 128 valence electrons. The highest BCUT2D eigenvalue weighted by atomic mass is 32.2. The van der Waals surface area contributed by atoms with Gasteiger partial charge in [0.1, 0.15) is 6.10 Å². The number of carbonyl (C=O) groups is 1. The molecule has 6 heteroatoms. The molecular weight excluding hydrogens is 302 g/mol. The Morgan fingerprint density at radius 1 is 1.23 bits per heavy atom. The molecule has 0 spiro atoms. The van der Waals surface area contributed by atoms with Crippen LogP contribution in [0.25, 0.3) is 0 Å².